The van der Waals surface area contributed by atoms with E-state index in [0.29, 0.717) is 5.92 Å². The fourth-order valence-corrected chi connectivity index (χ4v) is 2.12. The summed E-state index contributed by atoms with van der Waals surface area (Å²) in [5.74, 6) is 0.660. The molecule has 0 bridgehead atoms. The van der Waals surface area contributed by atoms with Crippen LogP contribution < -0.4 is 0 Å². The number of hydrogen-bond donors (Lipinski definition) is 0. The van der Waals surface area contributed by atoms with Crippen molar-refractivity contribution >= 4 is 0 Å². The highest BCUT2D eigenvalue weighted by molar-refractivity contribution is 5.10. The van der Waals surface area contributed by atoms with Crippen LogP contribution in [0.25, 0.3) is 0 Å². The first-order chi connectivity index (χ1) is 9.36. The molecule has 0 saturated heterocycles. The van der Waals surface area contributed by atoms with E-state index in [1.54, 1.807) is 0 Å². The Labute approximate surface area is 127 Å². The van der Waals surface area contributed by atoms with Crippen LogP contribution in [0.15, 0.2) is 46.6 Å². The van der Waals surface area contributed by atoms with Gasteiger partial charge in [0.2, 0.25) is 0 Å². The summed E-state index contributed by atoms with van der Waals surface area (Å²) in [4.78, 5) is 0. The fourth-order valence-electron chi connectivity index (χ4n) is 2.12. The van der Waals surface area contributed by atoms with Crippen molar-refractivity contribution in [3.05, 3.63) is 46.6 Å². The molecular formula is C20H34. The molecule has 0 spiro atoms. The first-order valence-electron chi connectivity index (χ1n) is 7.92. The maximum Gasteiger partial charge on any atom is -0.0137 e. The normalized spacial score (nSPS) is 13.9. The summed E-state index contributed by atoms with van der Waals surface area (Å²) in [5.41, 5.74) is 5.87. The molecule has 0 aliphatic rings. The Morgan fingerprint density at radius 3 is 1.85 bits per heavy atom. The molecule has 0 nitrogen and oxygen atoms in total. The van der Waals surface area contributed by atoms with E-state index >= 15 is 0 Å². The molecule has 0 aromatic rings. The summed E-state index contributed by atoms with van der Waals surface area (Å²) in [5, 5.41) is 0. The van der Waals surface area contributed by atoms with Gasteiger partial charge in [-0.25, -0.2) is 0 Å². The Hall–Kier alpha value is -1.04. The molecule has 0 heterocycles. The van der Waals surface area contributed by atoms with Crippen molar-refractivity contribution in [3.8, 4) is 0 Å². The fraction of sp³-hybridized carbons (Fsp3) is 0.600. The van der Waals surface area contributed by atoms with Crippen LogP contribution in [-0.4, -0.2) is 0 Å². The number of rotatable bonds is 8. The first kappa shape index (κ1) is 19.0. The largest absolute Gasteiger partial charge is 0.0884 e. The second kappa shape index (κ2) is 10.7. The molecule has 114 valence electrons. The van der Waals surface area contributed by atoms with Crippen LogP contribution >= 0.6 is 0 Å². The van der Waals surface area contributed by atoms with Gasteiger partial charge in [-0.3, -0.25) is 0 Å². The van der Waals surface area contributed by atoms with E-state index in [2.05, 4.69) is 72.8 Å². The second-order valence-corrected chi connectivity index (χ2v) is 6.35. The van der Waals surface area contributed by atoms with Gasteiger partial charge < -0.3 is 0 Å². The van der Waals surface area contributed by atoms with Gasteiger partial charge in [-0.2, -0.15) is 0 Å². The quantitative estimate of drug-likeness (QED) is 0.418. The Morgan fingerprint density at radius 1 is 0.800 bits per heavy atom. The molecule has 20 heavy (non-hydrogen) atoms. The lowest BCUT2D eigenvalue weighted by molar-refractivity contribution is 0.626. The van der Waals surface area contributed by atoms with E-state index in [1.165, 1.54) is 41.6 Å². The monoisotopic (exact) mass is 274 g/mol. The van der Waals surface area contributed by atoms with Crippen LogP contribution in [0.2, 0.25) is 0 Å². The average Bonchev–Trinajstić information content (AvgIpc) is 2.37. The SMILES string of the molecule is C/C=C(\C)C(CC=C(C)C)CC=C(C)CCC=C(C)C. The maximum atomic E-state index is 2.44. The van der Waals surface area contributed by atoms with Gasteiger partial charge in [0, 0.05) is 0 Å². The van der Waals surface area contributed by atoms with E-state index in [-0.39, 0.29) is 0 Å². The van der Waals surface area contributed by atoms with Gasteiger partial charge in [-0.15, -0.1) is 0 Å². The molecule has 1 unspecified atom stereocenters. The highest BCUT2D eigenvalue weighted by Crippen LogP contribution is 2.22. The summed E-state index contributed by atoms with van der Waals surface area (Å²) >= 11 is 0. The first-order valence-corrected chi connectivity index (χ1v) is 7.92. The summed E-state index contributed by atoms with van der Waals surface area (Å²) in [6.45, 7) is 15.4. The lowest BCUT2D eigenvalue weighted by Crippen LogP contribution is -2.00. The van der Waals surface area contributed by atoms with Crippen LogP contribution in [0.5, 0.6) is 0 Å². The van der Waals surface area contributed by atoms with Crippen molar-refractivity contribution in [2.45, 2.75) is 74.1 Å². The third-order valence-corrected chi connectivity index (χ3v) is 3.75. The zero-order valence-corrected chi connectivity index (χ0v) is 14.7. The van der Waals surface area contributed by atoms with E-state index < -0.39 is 0 Å². The molecule has 1 atom stereocenters. The topological polar surface area (TPSA) is 0 Å². The van der Waals surface area contributed by atoms with Crippen molar-refractivity contribution < 1.29 is 0 Å². The predicted octanol–water partition coefficient (Wildman–Crippen LogP) is 7.01. The summed E-state index contributed by atoms with van der Waals surface area (Å²) in [7, 11) is 0. The standard InChI is InChI=1S/C20H34/c1-8-19(7)20(14-12-17(4)5)15-13-18(6)11-9-10-16(2)3/h8,10,12-13,20H,9,11,14-15H2,1-7H3/b18-13?,19-8+. The Morgan fingerprint density at radius 2 is 1.35 bits per heavy atom. The highest BCUT2D eigenvalue weighted by Gasteiger charge is 2.07. The molecule has 0 N–H and O–H groups in total. The van der Waals surface area contributed by atoms with Crippen molar-refractivity contribution in [2.75, 3.05) is 0 Å². The van der Waals surface area contributed by atoms with E-state index in [9.17, 15) is 0 Å². The minimum Gasteiger partial charge on any atom is -0.0884 e. The van der Waals surface area contributed by atoms with Crippen LogP contribution in [0, 0.1) is 5.92 Å². The van der Waals surface area contributed by atoms with Crippen LogP contribution in [-0.2, 0) is 0 Å². The van der Waals surface area contributed by atoms with Gasteiger partial charge in [-0.1, -0.05) is 46.6 Å². The van der Waals surface area contributed by atoms with Gasteiger partial charge >= 0.3 is 0 Å². The Bertz CT molecular complexity index is 380. The molecule has 0 amide bonds. The van der Waals surface area contributed by atoms with Crippen LogP contribution in [0.4, 0.5) is 0 Å². The van der Waals surface area contributed by atoms with Gasteiger partial charge in [0.05, 0.1) is 0 Å². The second-order valence-electron chi connectivity index (χ2n) is 6.35. The van der Waals surface area contributed by atoms with Gasteiger partial charge in [0.1, 0.15) is 0 Å². The lowest BCUT2D eigenvalue weighted by atomic mass is 9.91. The van der Waals surface area contributed by atoms with Crippen molar-refractivity contribution in [2.24, 2.45) is 5.92 Å². The minimum atomic E-state index is 0.660. The Kier molecular flexibility index (Phi) is 10.2. The summed E-state index contributed by atoms with van der Waals surface area (Å²) in [6.07, 6.45) is 14.1. The van der Waals surface area contributed by atoms with Gasteiger partial charge in [0.25, 0.3) is 0 Å². The number of allylic oxidation sites excluding steroid dienone is 8. The molecule has 0 aromatic heterocycles. The lowest BCUT2D eigenvalue weighted by Gasteiger charge is -2.15. The molecular weight excluding hydrogens is 240 g/mol. The van der Waals surface area contributed by atoms with Crippen molar-refractivity contribution in [3.63, 3.8) is 0 Å². The highest BCUT2D eigenvalue weighted by atomic mass is 14.1. The Balaban J connectivity index is 4.50. The van der Waals surface area contributed by atoms with E-state index in [4.69, 9.17) is 0 Å². The number of hydrogen-bond acceptors (Lipinski definition) is 0. The van der Waals surface area contributed by atoms with E-state index in [0.717, 1.165) is 6.42 Å². The zero-order chi connectivity index (χ0) is 15.5. The molecule has 0 aliphatic heterocycles. The summed E-state index contributed by atoms with van der Waals surface area (Å²) < 4.78 is 0. The molecule has 0 radical (unpaired) electrons. The molecule has 0 fully saturated rings. The van der Waals surface area contributed by atoms with Crippen LogP contribution in [0.3, 0.4) is 0 Å². The third kappa shape index (κ3) is 9.83. The predicted molar refractivity (Wildman–Crippen MR) is 94.0 cm³/mol. The molecule has 0 saturated carbocycles. The van der Waals surface area contributed by atoms with Gasteiger partial charge in [0.15, 0.2) is 0 Å². The maximum absolute atomic E-state index is 2.44. The molecule has 0 aliphatic carbocycles. The minimum absolute atomic E-state index is 0.660. The smallest absolute Gasteiger partial charge is 0.0137 e. The molecule has 0 heteroatoms. The summed E-state index contributed by atoms with van der Waals surface area (Å²) in [6, 6.07) is 0. The van der Waals surface area contributed by atoms with Crippen LogP contribution in [0.1, 0.15) is 74.1 Å². The average molecular weight is 274 g/mol. The van der Waals surface area contributed by atoms with Crippen molar-refractivity contribution in [1.82, 2.24) is 0 Å². The molecule has 0 aromatic carbocycles. The van der Waals surface area contributed by atoms with E-state index in [1.807, 2.05) is 0 Å². The third-order valence-electron chi connectivity index (χ3n) is 3.75. The van der Waals surface area contributed by atoms with Crippen molar-refractivity contribution in [1.29, 1.82) is 0 Å². The molecule has 0 rings (SSSR count). The zero-order valence-electron chi connectivity index (χ0n) is 14.7. The van der Waals surface area contributed by atoms with Gasteiger partial charge in [-0.05, 0) is 80.1 Å².